The standard InChI is InChI=1S/C16H19Br2F2N3O4/c17-3-5-23(6-4-18)14-10(19)7-9(8-11(14)20)15(25)22-12(16(26)27)1-2-13(21)24/h7-8,12H,1-6H2,(H2,21,24)(H,22,25)(H,26,27)/t12-/m0/s1. The molecule has 27 heavy (non-hydrogen) atoms. The molecule has 0 unspecified atom stereocenters. The van der Waals surface area contributed by atoms with Crippen molar-refractivity contribution in [2.75, 3.05) is 28.6 Å². The summed E-state index contributed by atoms with van der Waals surface area (Å²) in [6, 6.07) is 0.279. The van der Waals surface area contributed by atoms with Gasteiger partial charge in [-0.1, -0.05) is 31.9 Å². The first kappa shape index (κ1) is 23.3. The number of carbonyl (C=O) groups excluding carboxylic acids is 2. The minimum atomic E-state index is -1.41. The first-order valence-electron chi connectivity index (χ1n) is 7.89. The number of carboxylic acids is 1. The van der Waals surface area contributed by atoms with Crippen LogP contribution in [0.4, 0.5) is 14.5 Å². The van der Waals surface area contributed by atoms with E-state index >= 15 is 0 Å². The molecular formula is C16H19Br2F2N3O4. The second kappa shape index (κ2) is 11.2. The second-order valence-corrected chi connectivity index (χ2v) is 7.11. The van der Waals surface area contributed by atoms with Gasteiger partial charge in [0.25, 0.3) is 5.91 Å². The molecule has 0 aliphatic heterocycles. The highest BCUT2D eigenvalue weighted by Crippen LogP contribution is 2.25. The van der Waals surface area contributed by atoms with Crippen LogP contribution in [0.5, 0.6) is 0 Å². The fourth-order valence-electron chi connectivity index (χ4n) is 2.32. The Morgan fingerprint density at radius 3 is 2.07 bits per heavy atom. The van der Waals surface area contributed by atoms with Crippen LogP contribution in [0, 0.1) is 11.6 Å². The number of alkyl halides is 2. The van der Waals surface area contributed by atoms with Crippen LogP contribution in [-0.2, 0) is 9.59 Å². The third kappa shape index (κ3) is 7.06. The quantitative estimate of drug-likeness (QED) is 0.391. The summed E-state index contributed by atoms with van der Waals surface area (Å²) in [6.07, 6.45) is -0.489. The van der Waals surface area contributed by atoms with Crippen LogP contribution in [0.3, 0.4) is 0 Å². The summed E-state index contributed by atoms with van der Waals surface area (Å²) < 4.78 is 28.9. The van der Waals surface area contributed by atoms with E-state index in [0.29, 0.717) is 23.7 Å². The maximum Gasteiger partial charge on any atom is 0.326 e. The van der Waals surface area contributed by atoms with Gasteiger partial charge < -0.3 is 21.1 Å². The molecule has 0 radical (unpaired) electrons. The van der Waals surface area contributed by atoms with Crippen LogP contribution in [0.2, 0.25) is 0 Å². The number of hydrogen-bond acceptors (Lipinski definition) is 4. The molecule has 150 valence electrons. The number of amides is 2. The predicted octanol–water partition coefficient (Wildman–Crippen LogP) is 2.01. The Kier molecular flexibility index (Phi) is 9.64. The number of carboxylic acid groups (broad SMARTS) is 1. The third-order valence-corrected chi connectivity index (χ3v) is 4.30. The molecule has 2 amide bonds. The van der Waals surface area contributed by atoms with Gasteiger partial charge in [0, 0.05) is 35.7 Å². The highest BCUT2D eigenvalue weighted by molar-refractivity contribution is 9.09. The molecule has 0 heterocycles. The van der Waals surface area contributed by atoms with Gasteiger partial charge >= 0.3 is 5.97 Å². The van der Waals surface area contributed by atoms with Crippen LogP contribution >= 0.6 is 31.9 Å². The minimum Gasteiger partial charge on any atom is -0.480 e. The highest BCUT2D eigenvalue weighted by atomic mass is 79.9. The molecule has 0 saturated heterocycles. The number of primary amides is 1. The van der Waals surface area contributed by atoms with Gasteiger partial charge in [0.15, 0.2) is 0 Å². The number of rotatable bonds is 11. The number of nitrogens with two attached hydrogens (primary N) is 1. The Morgan fingerprint density at radius 2 is 1.67 bits per heavy atom. The Balaban J connectivity index is 3.04. The van der Waals surface area contributed by atoms with Crippen molar-refractivity contribution in [3.8, 4) is 0 Å². The highest BCUT2D eigenvalue weighted by Gasteiger charge is 2.24. The van der Waals surface area contributed by atoms with Gasteiger partial charge in [0.1, 0.15) is 23.4 Å². The monoisotopic (exact) mass is 513 g/mol. The van der Waals surface area contributed by atoms with Crippen molar-refractivity contribution in [2.45, 2.75) is 18.9 Å². The van der Waals surface area contributed by atoms with E-state index in [1.54, 1.807) is 0 Å². The van der Waals surface area contributed by atoms with E-state index < -0.39 is 35.5 Å². The lowest BCUT2D eigenvalue weighted by molar-refractivity contribution is -0.139. The lowest BCUT2D eigenvalue weighted by atomic mass is 10.1. The summed E-state index contributed by atoms with van der Waals surface area (Å²) in [5.41, 5.74) is 4.33. The molecule has 0 aromatic heterocycles. The number of carbonyl (C=O) groups is 3. The molecule has 1 rings (SSSR count). The van der Waals surface area contributed by atoms with E-state index in [4.69, 9.17) is 10.8 Å². The normalized spacial score (nSPS) is 11.7. The van der Waals surface area contributed by atoms with Crippen LogP contribution in [0.15, 0.2) is 12.1 Å². The number of halogens is 4. The molecule has 1 atom stereocenters. The third-order valence-electron chi connectivity index (χ3n) is 3.59. The SMILES string of the molecule is NC(=O)CC[C@H](NC(=O)c1cc(F)c(N(CCBr)CCBr)c(F)c1)C(=O)O. The summed E-state index contributed by atoms with van der Waals surface area (Å²) in [6.45, 7) is 0.693. The van der Waals surface area contributed by atoms with E-state index in [-0.39, 0.29) is 24.1 Å². The summed E-state index contributed by atoms with van der Waals surface area (Å²) in [5.74, 6) is -4.96. The Morgan fingerprint density at radius 1 is 1.15 bits per heavy atom. The average molecular weight is 515 g/mol. The van der Waals surface area contributed by atoms with Gasteiger partial charge in [-0.2, -0.15) is 0 Å². The molecule has 0 saturated carbocycles. The fraction of sp³-hybridized carbons (Fsp3) is 0.438. The van der Waals surface area contributed by atoms with Gasteiger partial charge in [-0.3, -0.25) is 9.59 Å². The number of hydrogen-bond donors (Lipinski definition) is 3. The first-order chi connectivity index (χ1) is 12.7. The fourth-order valence-corrected chi connectivity index (χ4v) is 3.18. The van der Waals surface area contributed by atoms with Crippen molar-refractivity contribution in [1.82, 2.24) is 5.32 Å². The molecule has 0 bridgehead atoms. The van der Waals surface area contributed by atoms with E-state index in [0.717, 1.165) is 12.1 Å². The number of anilines is 1. The Hall–Kier alpha value is -1.75. The predicted molar refractivity (Wildman–Crippen MR) is 103 cm³/mol. The van der Waals surface area contributed by atoms with Crippen molar-refractivity contribution >= 4 is 55.3 Å². The van der Waals surface area contributed by atoms with E-state index in [1.165, 1.54) is 4.90 Å². The molecule has 4 N–H and O–H groups in total. The van der Waals surface area contributed by atoms with Gasteiger partial charge in [0.05, 0.1) is 0 Å². The maximum absolute atomic E-state index is 14.4. The minimum absolute atomic E-state index is 0.232. The number of nitrogens with one attached hydrogen (secondary N) is 1. The van der Waals surface area contributed by atoms with Crippen LogP contribution in [-0.4, -0.2) is 52.7 Å². The van der Waals surface area contributed by atoms with Gasteiger partial charge in [-0.05, 0) is 18.6 Å². The first-order valence-corrected chi connectivity index (χ1v) is 10.1. The molecule has 7 nitrogen and oxygen atoms in total. The zero-order valence-electron chi connectivity index (χ0n) is 14.2. The molecule has 1 aromatic carbocycles. The Labute approximate surface area is 171 Å². The maximum atomic E-state index is 14.4. The lowest BCUT2D eigenvalue weighted by Gasteiger charge is -2.24. The number of nitrogens with zero attached hydrogens (tertiary/aromatic N) is 1. The van der Waals surface area contributed by atoms with Gasteiger partial charge in [-0.15, -0.1) is 0 Å². The van der Waals surface area contributed by atoms with Gasteiger partial charge in [0.2, 0.25) is 5.91 Å². The van der Waals surface area contributed by atoms with Crippen molar-refractivity contribution in [2.24, 2.45) is 5.73 Å². The second-order valence-electron chi connectivity index (χ2n) is 5.52. The molecular weight excluding hydrogens is 496 g/mol. The number of benzene rings is 1. The number of aliphatic carboxylic acids is 1. The largest absolute Gasteiger partial charge is 0.480 e. The summed E-state index contributed by atoms with van der Waals surface area (Å²) >= 11 is 6.43. The van der Waals surface area contributed by atoms with Crippen molar-refractivity contribution in [3.63, 3.8) is 0 Å². The van der Waals surface area contributed by atoms with E-state index in [1.807, 2.05) is 0 Å². The lowest BCUT2D eigenvalue weighted by Crippen LogP contribution is -2.41. The summed E-state index contributed by atoms with van der Waals surface area (Å²) in [4.78, 5) is 35.6. The van der Waals surface area contributed by atoms with Crippen molar-refractivity contribution in [1.29, 1.82) is 0 Å². The molecule has 0 aliphatic rings. The zero-order valence-corrected chi connectivity index (χ0v) is 17.4. The molecule has 0 spiro atoms. The molecule has 0 aliphatic carbocycles. The summed E-state index contributed by atoms with van der Waals surface area (Å²) in [7, 11) is 0. The zero-order chi connectivity index (χ0) is 20.6. The topological polar surface area (TPSA) is 113 Å². The smallest absolute Gasteiger partial charge is 0.326 e. The molecule has 11 heteroatoms. The van der Waals surface area contributed by atoms with E-state index in [2.05, 4.69) is 37.2 Å². The van der Waals surface area contributed by atoms with Crippen LogP contribution in [0.1, 0.15) is 23.2 Å². The summed E-state index contributed by atoms with van der Waals surface area (Å²) in [5, 5.41) is 12.2. The van der Waals surface area contributed by atoms with Crippen LogP contribution < -0.4 is 16.0 Å². The average Bonchev–Trinajstić information content (AvgIpc) is 2.57. The molecule has 0 fully saturated rings. The van der Waals surface area contributed by atoms with E-state index in [9.17, 15) is 23.2 Å². The Bertz CT molecular complexity index is 677. The van der Waals surface area contributed by atoms with Gasteiger partial charge in [-0.25, -0.2) is 13.6 Å². The van der Waals surface area contributed by atoms with Crippen molar-refractivity contribution < 1.29 is 28.3 Å². The van der Waals surface area contributed by atoms with Crippen molar-refractivity contribution in [3.05, 3.63) is 29.3 Å². The van der Waals surface area contributed by atoms with Crippen LogP contribution in [0.25, 0.3) is 0 Å². The molecule has 1 aromatic rings.